The first-order chi connectivity index (χ1) is 13.8. The molecule has 9 heteroatoms. The van der Waals surface area contributed by atoms with E-state index in [0.29, 0.717) is 11.1 Å². The molecule has 4 rings (SSSR count). The fourth-order valence-electron chi connectivity index (χ4n) is 3.59. The third-order valence-electron chi connectivity index (χ3n) is 4.93. The summed E-state index contributed by atoms with van der Waals surface area (Å²) in [5, 5.41) is 2.43. The molecule has 0 aliphatic carbocycles. The number of nitrogens with zero attached hydrogens (tertiary/aromatic N) is 1. The van der Waals surface area contributed by atoms with E-state index in [-0.39, 0.29) is 24.4 Å². The van der Waals surface area contributed by atoms with Gasteiger partial charge in [-0.2, -0.15) is 13.2 Å². The Bertz CT molecular complexity index is 1010. The van der Waals surface area contributed by atoms with Crippen LogP contribution in [0.25, 0.3) is 0 Å². The van der Waals surface area contributed by atoms with Gasteiger partial charge in [-0.25, -0.2) is 4.79 Å². The third kappa shape index (κ3) is 3.43. The van der Waals surface area contributed by atoms with E-state index in [2.05, 4.69) is 5.32 Å². The Balaban J connectivity index is 1.58. The van der Waals surface area contributed by atoms with Gasteiger partial charge >= 0.3 is 12.1 Å². The number of ether oxygens (including phenoxy) is 1. The van der Waals surface area contributed by atoms with Crippen molar-refractivity contribution in [1.82, 2.24) is 4.90 Å². The maximum atomic E-state index is 12.9. The third-order valence-corrected chi connectivity index (χ3v) is 4.93. The number of fused-ring (bicyclic) bond motifs is 1. The van der Waals surface area contributed by atoms with Crippen molar-refractivity contribution in [2.24, 2.45) is 0 Å². The first kappa shape index (κ1) is 19.0. The molecule has 6 nitrogen and oxygen atoms in total. The SMILES string of the molecule is O=C1OC(N2C(=O)CCC2C(=O)Nc2cccc(C(F)(F)F)c2)c2ccccc21. The lowest BCUT2D eigenvalue weighted by Gasteiger charge is -2.29. The van der Waals surface area contributed by atoms with Gasteiger partial charge in [0.25, 0.3) is 0 Å². The highest BCUT2D eigenvalue weighted by Crippen LogP contribution is 2.38. The number of anilines is 1. The predicted molar refractivity (Wildman–Crippen MR) is 94.5 cm³/mol. The molecule has 1 fully saturated rings. The van der Waals surface area contributed by atoms with Gasteiger partial charge in [0.2, 0.25) is 18.0 Å². The number of cyclic esters (lactones) is 1. The summed E-state index contributed by atoms with van der Waals surface area (Å²) in [6, 6.07) is 9.82. The number of alkyl halides is 3. The Kier molecular flexibility index (Phi) is 4.52. The number of carbonyl (C=O) groups excluding carboxylic acids is 3. The average molecular weight is 404 g/mol. The van der Waals surface area contributed by atoms with Crippen molar-refractivity contribution in [3.05, 3.63) is 65.2 Å². The minimum Gasteiger partial charge on any atom is -0.433 e. The molecule has 2 aliphatic rings. The number of halogens is 3. The maximum absolute atomic E-state index is 12.9. The number of amides is 2. The summed E-state index contributed by atoms with van der Waals surface area (Å²) in [6.45, 7) is 0. The van der Waals surface area contributed by atoms with Crippen molar-refractivity contribution in [3.63, 3.8) is 0 Å². The molecule has 1 saturated heterocycles. The monoisotopic (exact) mass is 404 g/mol. The summed E-state index contributed by atoms with van der Waals surface area (Å²) in [7, 11) is 0. The van der Waals surface area contributed by atoms with E-state index in [0.717, 1.165) is 12.1 Å². The number of hydrogen-bond donors (Lipinski definition) is 1. The molecular weight excluding hydrogens is 389 g/mol. The standard InChI is InChI=1S/C20H15F3N2O4/c21-20(22,23)11-4-3-5-12(10-11)24-17(27)15-8-9-16(26)25(15)18-13-6-1-2-7-14(13)19(28)29-18/h1-7,10,15,18H,8-9H2,(H,24,27). The van der Waals surface area contributed by atoms with Crippen LogP contribution in [0, 0.1) is 0 Å². The van der Waals surface area contributed by atoms with Crippen LogP contribution in [-0.4, -0.2) is 28.7 Å². The van der Waals surface area contributed by atoms with E-state index in [1.165, 1.54) is 17.0 Å². The van der Waals surface area contributed by atoms with Gasteiger partial charge in [0.1, 0.15) is 6.04 Å². The second kappa shape index (κ2) is 6.91. The van der Waals surface area contributed by atoms with E-state index in [1.54, 1.807) is 24.3 Å². The molecule has 2 heterocycles. The Morgan fingerprint density at radius 3 is 2.62 bits per heavy atom. The fourth-order valence-corrected chi connectivity index (χ4v) is 3.59. The molecule has 2 unspecified atom stereocenters. The number of hydrogen-bond acceptors (Lipinski definition) is 4. The zero-order valence-corrected chi connectivity index (χ0v) is 14.9. The van der Waals surface area contributed by atoms with Crippen LogP contribution in [0.5, 0.6) is 0 Å². The molecule has 0 saturated carbocycles. The van der Waals surface area contributed by atoms with Gasteiger partial charge in [-0.3, -0.25) is 14.5 Å². The lowest BCUT2D eigenvalue weighted by molar-refractivity contribution is -0.144. The van der Waals surface area contributed by atoms with Gasteiger partial charge in [-0.05, 0) is 30.7 Å². The van der Waals surface area contributed by atoms with Crippen LogP contribution >= 0.6 is 0 Å². The molecule has 2 aromatic rings. The Labute approximate surface area is 163 Å². The van der Waals surface area contributed by atoms with E-state index >= 15 is 0 Å². The second-order valence-corrected chi connectivity index (χ2v) is 6.77. The van der Waals surface area contributed by atoms with Crippen LogP contribution in [0.3, 0.4) is 0 Å². The van der Waals surface area contributed by atoms with E-state index in [1.807, 2.05) is 0 Å². The van der Waals surface area contributed by atoms with Crippen LogP contribution in [0.2, 0.25) is 0 Å². The van der Waals surface area contributed by atoms with Crippen molar-refractivity contribution >= 4 is 23.5 Å². The van der Waals surface area contributed by atoms with E-state index < -0.39 is 35.9 Å². The Morgan fingerprint density at radius 1 is 1.10 bits per heavy atom. The van der Waals surface area contributed by atoms with Gasteiger partial charge in [-0.15, -0.1) is 0 Å². The first-order valence-corrected chi connectivity index (χ1v) is 8.85. The smallest absolute Gasteiger partial charge is 0.416 e. The summed E-state index contributed by atoms with van der Waals surface area (Å²) in [5.41, 5.74) is -0.139. The van der Waals surface area contributed by atoms with E-state index in [9.17, 15) is 27.6 Å². The fraction of sp³-hybridized carbons (Fsp3) is 0.250. The molecule has 29 heavy (non-hydrogen) atoms. The Hall–Kier alpha value is -3.36. The zero-order chi connectivity index (χ0) is 20.8. The summed E-state index contributed by atoms with van der Waals surface area (Å²) < 4.78 is 44.0. The van der Waals surface area contributed by atoms with Crippen LogP contribution < -0.4 is 5.32 Å². The van der Waals surface area contributed by atoms with Gasteiger partial charge in [-0.1, -0.05) is 24.3 Å². The highest BCUT2D eigenvalue weighted by molar-refractivity contribution is 6.00. The van der Waals surface area contributed by atoms with Crippen LogP contribution in [0.15, 0.2) is 48.5 Å². The molecular formula is C20H15F3N2O4. The number of benzene rings is 2. The summed E-state index contributed by atoms with van der Waals surface area (Å²) in [5.74, 6) is -1.61. The Morgan fingerprint density at radius 2 is 1.86 bits per heavy atom. The summed E-state index contributed by atoms with van der Waals surface area (Å²) in [6.07, 6.45) is -5.35. The molecule has 2 atom stereocenters. The van der Waals surface area contributed by atoms with Crippen molar-refractivity contribution in [2.75, 3.05) is 5.32 Å². The van der Waals surface area contributed by atoms with Crippen molar-refractivity contribution < 1.29 is 32.3 Å². The molecule has 0 bridgehead atoms. The van der Waals surface area contributed by atoms with Crippen molar-refractivity contribution in [3.8, 4) is 0 Å². The first-order valence-electron chi connectivity index (χ1n) is 8.85. The molecule has 1 N–H and O–H groups in total. The van der Waals surface area contributed by atoms with Crippen molar-refractivity contribution in [2.45, 2.75) is 31.3 Å². The number of likely N-dealkylation sites (tertiary alicyclic amines) is 1. The molecule has 0 spiro atoms. The minimum absolute atomic E-state index is 0.0343. The lowest BCUT2D eigenvalue weighted by atomic mass is 10.1. The minimum atomic E-state index is -4.54. The molecule has 2 amide bonds. The number of carbonyl (C=O) groups is 3. The quantitative estimate of drug-likeness (QED) is 0.795. The molecule has 0 radical (unpaired) electrons. The van der Waals surface area contributed by atoms with Crippen LogP contribution in [0.4, 0.5) is 18.9 Å². The molecule has 150 valence electrons. The van der Waals surface area contributed by atoms with Gasteiger partial charge in [0.05, 0.1) is 11.1 Å². The van der Waals surface area contributed by atoms with Gasteiger partial charge in [0, 0.05) is 17.7 Å². The van der Waals surface area contributed by atoms with Crippen LogP contribution in [-0.2, 0) is 20.5 Å². The summed E-state index contributed by atoms with van der Waals surface area (Å²) in [4.78, 5) is 38.4. The second-order valence-electron chi connectivity index (χ2n) is 6.77. The number of esters is 1. The number of nitrogens with one attached hydrogen (secondary N) is 1. The van der Waals surface area contributed by atoms with E-state index in [4.69, 9.17) is 4.74 Å². The maximum Gasteiger partial charge on any atom is 0.416 e. The highest BCUT2D eigenvalue weighted by atomic mass is 19.4. The largest absolute Gasteiger partial charge is 0.433 e. The topological polar surface area (TPSA) is 75.7 Å². The predicted octanol–water partition coefficient (Wildman–Crippen LogP) is 3.50. The van der Waals surface area contributed by atoms with Gasteiger partial charge in [0.15, 0.2) is 0 Å². The number of rotatable bonds is 3. The lowest BCUT2D eigenvalue weighted by Crippen LogP contribution is -2.43. The summed E-state index contributed by atoms with van der Waals surface area (Å²) >= 11 is 0. The molecule has 2 aliphatic heterocycles. The zero-order valence-electron chi connectivity index (χ0n) is 14.9. The normalized spacial score (nSPS) is 21.1. The average Bonchev–Trinajstić information content (AvgIpc) is 3.21. The highest BCUT2D eigenvalue weighted by Gasteiger charge is 2.46. The van der Waals surface area contributed by atoms with Crippen molar-refractivity contribution in [1.29, 1.82) is 0 Å². The molecule has 0 aromatic heterocycles. The van der Waals surface area contributed by atoms with Gasteiger partial charge < -0.3 is 10.1 Å². The van der Waals surface area contributed by atoms with Crippen LogP contribution in [0.1, 0.15) is 40.6 Å². The molecule has 2 aromatic carbocycles.